The Morgan fingerprint density at radius 2 is 1.96 bits per heavy atom. The number of aromatic amines is 1. The average Bonchev–Trinajstić information content (AvgIpc) is 3.40. The van der Waals surface area contributed by atoms with Crippen LogP contribution in [0.4, 0.5) is 0 Å². The highest BCUT2D eigenvalue weighted by Gasteiger charge is 2.21. The van der Waals surface area contributed by atoms with Crippen LogP contribution in [0.5, 0.6) is 5.88 Å². The van der Waals surface area contributed by atoms with Crippen molar-refractivity contribution in [1.82, 2.24) is 19.6 Å². The number of H-pyrrole nitrogens is 1. The molecule has 1 aromatic carbocycles. The van der Waals surface area contributed by atoms with Crippen LogP contribution in [0.15, 0.2) is 61.1 Å². The molecule has 5 rings (SSSR count). The molecule has 4 heterocycles. The van der Waals surface area contributed by atoms with E-state index in [0.717, 1.165) is 60.0 Å². The van der Waals surface area contributed by atoms with Gasteiger partial charge >= 0.3 is 0 Å². The van der Waals surface area contributed by atoms with Crippen molar-refractivity contribution >= 4 is 5.65 Å². The Balaban J connectivity index is 1.27. The van der Waals surface area contributed by atoms with Crippen LogP contribution in [0.2, 0.25) is 0 Å². The minimum atomic E-state index is 0.458. The third-order valence-corrected chi connectivity index (χ3v) is 5.29. The Morgan fingerprint density at radius 3 is 2.79 bits per heavy atom. The lowest BCUT2D eigenvalue weighted by molar-refractivity contribution is 0.0845. The zero-order valence-corrected chi connectivity index (χ0v) is 15.5. The number of nitrogens with one attached hydrogen (secondary N) is 1. The molecule has 0 spiro atoms. The molecule has 28 heavy (non-hydrogen) atoms. The van der Waals surface area contributed by atoms with E-state index in [-0.39, 0.29) is 0 Å². The van der Waals surface area contributed by atoms with Crippen molar-refractivity contribution in [3.05, 3.63) is 72.2 Å². The number of nitrogens with zero attached hydrogens (tertiary/aromatic N) is 3. The van der Waals surface area contributed by atoms with Gasteiger partial charge in [-0.3, -0.25) is 0 Å². The largest absolute Gasteiger partial charge is 0.473 e. The molecule has 142 valence electrons. The molecule has 0 bridgehead atoms. The Hall–Kier alpha value is -3.12. The predicted octanol–water partition coefficient (Wildman–Crippen LogP) is 4.20. The lowest BCUT2D eigenvalue weighted by atomic mass is 9.94. The van der Waals surface area contributed by atoms with Crippen molar-refractivity contribution in [2.24, 2.45) is 0 Å². The van der Waals surface area contributed by atoms with Crippen LogP contribution < -0.4 is 4.74 Å². The number of fused-ring (bicyclic) bond motifs is 1. The number of aromatic nitrogens is 4. The van der Waals surface area contributed by atoms with E-state index in [1.54, 1.807) is 0 Å². The molecule has 0 saturated carbocycles. The lowest BCUT2D eigenvalue weighted by Crippen LogP contribution is -2.14. The Labute approximate surface area is 163 Å². The van der Waals surface area contributed by atoms with Crippen LogP contribution in [0, 0.1) is 0 Å². The summed E-state index contributed by atoms with van der Waals surface area (Å²) in [6, 6.07) is 14.4. The summed E-state index contributed by atoms with van der Waals surface area (Å²) in [5, 5.41) is 7.18. The predicted molar refractivity (Wildman–Crippen MR) is 106 cm³/mol. The summed E-state index contributed by atoms with van der Waals surface area (Å²) in [5.41, 5.74) is 5.28. The zero-order chi connectivity index (χ0) is 18.8. The first kappa shape index (κ1) is 17.0. The van der Waals surface area contributed by atoms with E-state index in [4.69, 9.17) is 9.47 Å². The first-order valence-electron chi connectivity index (χ1n) is 9.64. The van der Waals surface area contributed by atoms with Gasteiger partial charge in [-0.15, -0.1) is 0 Å². The van der Waals surface area contributed by atoms with E-state index < -0.39 is 0 Å². The second-order valence-electron chi connectivity index (χ2n) is 7.12. The fraction of sp³-hybridized carbons (Fsp3) is 0.273. The summed E-state index contributed by atoms with van der Waals surface area (Å²) in [7, 11) is 0. The normalized spacial score (nSPS) is 15.1. The fourth-order valence-electron chi connectivity index (χ4n) is 3.70. The van der Waals surface area contributed by atoms with Gasteiger partial charge in [0, 0.05) is 36.7 Å². The molecule has 0 radical (unpaired) electrons. The second kappa shape index (κ2) is 7.48. The number of pyridine rings is 1. The molecule has 4 aromatic rings. The van der Waals surface area contributed by atoms with Gasteiger partial charge in [0.1, 0.15) is 12.3 Å². The summed E-state index contributed by atoms with van der Waals surface area (Å²) in [6.45, 7) is 2.11. The van der Waals surface area contributed by atoms with Crippen molar-refractivity contribution in [2.45, 2.75) is 25.4 Å². The summed E-state index contributed by atoms with van der Waals surface area (Å²) < 4.78 is 13.5. The lowest BCUT2D eigenvalue weighted by Gasteiger charge is -2.21. The molecule has 1 aliphatic heterocycles. The van der Waals surface area contributed by atoms with Gasteiger partial charge in [0.2, 0.25) is 5.88 Å². The van der Waals surface area contributed by atoms with Gasteiger partial charge in [-0.05, 0) is 36.5 Å². The number of rotatable bonds is 5. The van der Waals surface area contributed by atoms with Crippen molar-refractivity contribution in [3.8, 4) is 17.1 Å². The summed E-state index contributed by atoms with van der Waals surface area (Å²) in [4.78, 5) is 4.67. The zero-order valence-electron chi connectivity index (χ0n) is 15.5. The minimum absolute atomic E-state index is 0.458. The van der Waals surface area contributed by atoms with E-state index in [0.29, 0.717) is 12.5 Å². The van der Waals surface area contributed by atoms with Crippen molar-refractivity contribution in [1.29, 1.82) is 0 Å². The van der Waals surface area contributed by atoms with Crippen molar-refractivity contribution < 1.29 is 9.47 Å². The fourth-order valence-corrected chi connectivity index (χ4v) is 3.70. The highest BCUT2D eigenvalue weighted by atomic mass is 16.5. The Morgan fingerprint density at radius 1 is 1.11 bits per heavy atom. The van der Waals surface area contributed by atoms with Gasteiger partial charge in [-0.25, -0.2) is 10.1 Å². The van der Waals surface area contributed by atoms with E-state index in [1.807, 2.05) is 41.2 Å². The van der Waals surface area contributed by atoms with Crippen LogP contribution in [0.1, 0.15) is 29.9 Å². The maximum absolute atomic E-state index is 6.03. The molecule has 1 saturated heterocycles. The average molecular weight is 374 g/mol. The van der Waals surface area contributed by atoms with E-state index >= 15 is 0 Å². The molecular formula is C22H22N4O2. The highest BCUT2D eigenvalue weighted by molar-refractivity contribution is 5.62. The number of ether oxygens (including phenoxy) is 2. The number of hydrogen-bond donors (Lipinski definition) is 1. The van der Waals surface area contributed by atoms with Gasteiger partial charge < -0.3 is 13.9 Å². The third-order valence-electron chi connectivity index (χ3n) is 5.29. The quantitative estimate of drug-likeness (QED) is 0.569. The summed E-state index contributed by atoms with van der Waals surface area (Å²) >= 11 is 0. The minimum Gasteiger partial charge on any atom is -0.473 e. The number of imidazole rings is 1. The molecule has 1 N–H and O–H groups in total. The van der Waals surface area contributed by atoms with E-state index in [2.05, 4.69) is 39.4 Å². The molecule has 0 amide bonds. The van der Waals surface area contributed by atoms with Gasteiger partial charge in [0.15, 0.2) is 0 Å². The Kier molecular flexibility index (Phi) is 4.54. The first-order valence-corrected chi connectivity index (χ1v) is 9.64. The topological polar surface area (TPSA) is 64.4 Å². The highest BCUT2D eigenvalue weighted by Crippen LogP contribution is 2.32. The van der Waals surface area contributed by atoms with Crippen LogP contribution in [-0.4, -0.2) is 32.8 Å². The Bertz CT molecular complexity index is 1030. The second-order valence-corrected chi connectivity index (χ2v) is 7.12. The van der Waals surface area contributed by atoms with Gasteiger partial charge in [-0.1, -0.05) is 30.3 Å². The van der Waals surface area contributed by atoms with E-state index in [1.165, 1.54) is 0 Å². The molecule has 3 aromatic heterocycles. The number of hydrogen-bond acceptors (Lipinski definition) is 4. The molecule has 1 aliphatic rings. The molecular weight excluding hydrogens is 352 g/mol. The molecule has 0 aliphatic carbocycles. The third kappa shape index (κ3) is 3.39. The molecule has 6 heteroatoms. The van der Waals surface area contributed by atoms with E-state index in [9.17, 15) is 0 Å². The van der Waals surface area contributed by atoms with Crippen LogP contribution >= 0.6 is 0 Å². The summed E-state index contributed by atoms with van der Waals surface area (Å²) in [6.07, 6.45) is 7.98. The molecule has 1 fully saturated rings. The van der Waals surface area contributed by atoms with Crippen LogP contribution in [0.25, 0.3) is 16.9 Å². The van der Waals surface area contributed by atoms with Crippen molar-refractivity contribution in [3.63, 3.8) is 0 Å². The molecule has 0 atom stereocenters. The smallest absolute Gasteiger partial charge is 0.212 e. The van der Waals surface area contributed by atoms with Crippen molar-refractivity contribution in [2.75, 3.05) is 13.2 Å². The first-order chi connectivity index (χ1) is 13.9. The van der Waals surface area contributed by atoms with Gasteiger partial charge in [0.25, 0.3) is 0 Å². The monoisotopic (exact) mass is 374 g/mol. The molecule has 6 nitrogen and oxygen atoms in total. The SMILES string of the molecule is c1ccn2cc(-c3ccc(COc4[nH]ncc4C4CCOCC4)cc3)nc2c1. The maximum atomic E-state index is 6.03. The van der Waals surface area contributed by atoms with Gasteiger partial charge in [-0.2, -0.15) is 5.10 Å². The standard InChI is InChI=1S/C22H22N4O2/c1-2-10-26-14-20(24-21(26)3-1)18-6-4-16(5-7-18)15-28-22-19(13-23-25-22)17-8-11-27-12-9-17/h1-7,10,13-14,17H,8-9,11-12,15H2,(H,23,25). The molecule has 0 unspecified atom stereocenters. The van der Waals surface area contributed by atoms with Gasteiger partial charge in [0.05, 0.1) is 11.9 Å². The number of benzene rings is 1. The maximum Gasteiger partial charge on any atom is 0.212 e. The van der Waals surface area contributed by atoms with Crippen LogP contribution in [-0.2, 0) is 11.3 Å². The van der Waals surface area contributed by atoms with Crippen LogP contribution in [0.3, 0.4) is 0 Å². The summed E-state index contributed by atoms with van der Waals surface area (Å²) in [5.74, 6) is 1.23.